The Hall–Kier alpha value is -1.97. The first-order valence-corrected chi connectivity index (χ1v) is 6.53. The van der Waals surface area contributed by atoms with Crippen LogP contribution in [0, 0.1) is 0 Å². The third-order valence-corrected chi connectivity index (χ3v) is 3.64. The van der Waals surface area contributed by atoms with E-state index in [4.69, 9.17) is 15.9 Å². The summed E-state index contributed by atoms with van der Waals surface area (Å²) in [5.74, 6) is -2.23. The zero-order chi connectivity index (χ0) is 14.6. The monoisotopic (exact) mass is 288 g/mol. The van der Waals surface area contributed by atoms with Crippen molar-refractivity contribution in [3.63, 3.8) is 0 Å². The number of nitrogens with one attached hydrogen (secondary N) is 1. The number of benzene rings is 1. The Morgan fingerprint density at radius 2 is 1.79 bits per heavy atom. The molecule has 1 amide bonds. The first kappa shape index (κ1) is 15.1. The van der Waals surface area contributed by atoms with Gasteiger partial charge in [0.1, 0.15) is 0 Å². The highest BCUT2D eigenvalue weighted by atomic mass is 32.2. The average molecular weight is 288 g/mol. The summed E-state index contributed by atoms with van der Waals surface area (Å²) in [4.78, 5) is 21.0. The summed E-state index contributed by atoms with van der Waals surface area (Å²) in [6.45, 7) is -0.658. The Kier molecular flexibility index (Phi) is 4.59. The lowest BCUT2D eigenvalue weighted by Gasteiger charge is -2.09. The molecule has 0 aliphatic heterocycles. The van der Waals surface area contributed by atoms with E-state index < -0.39 is 34.5 Å². The van der Waals surface area contributed by atoms with Gasteiger partial charge in [0.25, 0.3) is 0 Å². The van der Waals surface area contributed by atoms with Crippen molar-refractivity contribution in [3.05, 3.63) is 29.8 Å². The van der Waals surface area contributed by atoms with Crippen molar-refractivity contribution in [2.24, 2.45) is 5.73 Å². The van der Waals surface area contributed by atoms with E-state index in [-0.39, 0.29) is 10.5 Å². The number of primary amides is 1. The summed E-state index contributed by atoms with van der Waals surface area (Å²) in [5, 5.41) is 17.4. The van der Waals surface area contributed by atoms with Crippen molar-refractivity contribution in [2.45, 2.75) is 11.0 Å². The molecule has 5 N–H and O–H groups in total. The molecule has 0 radical (unpaired) electrons. The summed E-state index contributed by atoms with van der Waals surface area (Å²) in [7, 11) is -3.96. The molecule has 0 saturated carbocycles. The molecule has 0 unspecified atom stereocenters. The number of sulfonamides is 1. The molecule has 1 atom stereocenters. The molecule has 0 saturated heterocycles. The van der Waals surface area contributed by atoms with Crippen LogP contribution in [-0.2, 0) is 14.8 Å². The smallest absolute Gasteiger partial charge is 0.333 e. The number of aliphatic carboxylic acids is 1. The summed E-state index contributed by atoms with van der Waals surface area (Å²) in [6, 6.07) is 4.75. The van der Waals surface area contributed by atoms with Crippen LogP contribution in [0.2, 0.25) is 0 Å². The Labute approximate surface area is 108 Å². The van der Waals surface area contributed by atoms with E-state index in [2.05, 4.69) is 0 Å². The molecule has 0 aliphatic carbocycles. The van der Waals surface area contributed by atoms with E-state index >= 15 is 0 Å². The highest BCUT2D eigenvalue weighted by Crippen LogP contribution is 2.10. The number of aliphatic hydroxyl groups is 1. The Bertz CT molecular complexity index is 581. The van der Waals surface area contributed by atoms with Crippen molar-refractivity contribution < 1.29 is 28.2 Å². The van der Waals surface area contributed by atoms with Gasteiger partial charge in [-0.2, -0.15) is 0 Å². The predicted molar refractivity (Wildman–Crippen MR) is 63.8 cm³/mol. The minimum absolute atomic E-state index is 0.143. The predicted octanol–water partition coefficient (Wildman–Crippen LogP) is -1.49. The van der Waals surface area contributed by atoms with Crippen LogP contribution in [0.1, 0.15) is 10.4 Å². The van der Waals surface area contributed by atoms with Crippen molar-refractivity contribution >= 4 is 21.9 Å². The molecule has 1 aromatic rings. The molecule has 1 aromatic carbocycles. The van der Waals surface area contributed by atoms with E-state index in [0.717, 1.165) is 12.1 Å². The van der Waals surface area contributed by atoms with Gasteiger partial charge in [0, 0.05) is 12.1 Å². The van der Waals surface area contributed by atoms with Gasteiger partial charge in [-0.25, -0.2) is 17.9 Å². The average Bonchev–Trinajstić information content (AvgIpc) is 2.36. The number of carboxylic acid groups (broad SMARTS) is 1. The van der Waals surface area contributed by atoms with E-state index in [9.17, 15) is 18.0 Å². The topological polar surface area (TPSA) is 147 Å². The van der Waals surface area contributed by atoms with E-state index in [1.165, 1.54) is 12.1 Å². The van der Waals surface area contributed by atoms with Crippen LogP contribution >= 0.6 is 0 Å². The zero-order valence-electron chi connectivity index (χ0n) is 9.61. The van der Waals surface area contributed by atoms with Crippen LogP contribution in [0.4, 0.5) is 0 Å². The molecule has 0 fully saturated rings. The lowest BCUT2D eigenvalue weighted by Crippen LogP contribution is -2.36. The number of carbonyl (C=O) groups is 2. The van der Waals surface area contributed by atoms with Crippen molar-refractivity contribution in [2.75, 3.05) is 6.54 Å². The lowest BCUT2D eigenvalue weighted by molar-refractivity contribution is -0.146. The third-order valence-electron chi connectivity index (χ3n) is 2.20. The van der Waals surface area contributed by atoms with Crippen LogP contribution in [0.3, 0.4) is 0 Å². The number of carboxylic acids is 1. The number of nitrogens with two attached hydrogens (primary N) is 1. The second-order valence-corrected chi connectivity index (χ2v) is 5.36. The van der Waals surface area contributed by atoms with Crippen LogP contribution in [0.15, 0.2) is 29.2 Å². The van der Waals surface area contributed by atoms with Crippen molar-refractivity contribution in [1.82, 2.24) is 4.72 Å². The maximum absolute atomic E-state index is 11.7. The van der Waals surface area contributed by atoms with E-state index in [1.807, 2.05) is 4.72 Å². The number of hydrogen-bond acceptors (Lipinski definition) is 5. The van der Waals surface area contributed by atoms with E-state index in [0.29, 0.717) is 0 Å². The van der Waals surface area contributed by atoms with Crippen molar-refractivity contribution in [1.29, 1.82) is 0 Å². The van der Waals surface area contributed by atoms with Gasteiger partial charge >= 0.3 is 5.97 Å². The standard InChI is InChI=1S/C10H12N2O6S/c11-9(14)6-1-3-7(4-2-6)19(17,18)12-5-8(13)10(15)16/h1-4,8,12-13H,5H2,(H2,11,14)(H,15,16)/t8-/m0/s1. The molecule has 0 aliphatic rings. The number of rotatable bonds is 6. The first-order valence-electron chi connectivity index (χ1n) is 5.04. The van der Waals surface area contributed by atoms with Gasteiger partial charge in [-0.1, -0.05) is 0 Å². The largest absolute Gasteiger partial charge is 0.479 e. The maximum atomic E-state index is 11.7. The molecule has 1 rings (SSSR count). The minimum Gasteiger partial charge on any atom is -0.479 e. The Morgan fingerprint density at radius 3 is 2.21 bits per heavy atom. The zero-order valence-corrected chi connectivity index (χ0v) is 10.4. The molecule has 0 spiro atoms. The van der Waals surface area contributed by atoms with Gasteiger partial charge in [0.2, 0.25) is 15.9 Å². The number of hydrogen-bond donors (Lipinski definition) is 4. The molecule has 0 bridgehead atoms. The maximum Gasteiger partial charge on any atom is 0.333 e. The molecule has 19 heavy (non-hydrogen) atoms. The molecule has 104 valence electrons. The van der Waals surface area contributed by atoms with Crippen molar-refractivity contribution in [3.8, 4) is 0 Å². The van der Waals surface area contributed by atoms with Gasteiger partial charge in [-0.05, 0) is 24.3 Å². The fraction of sp³-hybridized carbons (Fsp3) is 0.200. The molecule has 9 heteroatoms. The summed E-state index contributed by atoms with van der Waals surface area (Å²) >= 11 is 0. The van der Waals surface area contributed by atoms with Gasteiger partial charge in [-0.15, -0.1) is 0 Å². The molecule has 0 aromatic heterocycles. The Morgan fingerprint density at radius 1 is 1.26 bits per heavy atom. The van der Waals surface area contributed by atoms with Crippen LogP contribution in [0.25, 0.3) is 0 Å². The van der Waals surface area contributed by atoms with Gasteiger partial charge < -0.3 is 15.9 Å². The highest BCUT2D eigenvalue weighted by molar-refractivity contribution is 7.89. The lowest BCUT2D eigenvalue weighted by atomic mass is 10.2. The second-order valence-electron chi connectivity index (χ2n) is 3.59. The summed E-state index contributed by atoms with van der Waals surface area (Å²) < 4.78 is 25.3. The fourth-order valence-corrected chi connectivity index (χ4v) is 2.20. The molecular formula is C10H12N2O6S. The van der Waals surface area contributed by atoms with E-state index in [1.54, 1.807) is 0 Å². The van der Waals surface area contributed by atoms with Gasteiger partial charge in [-0.3, -0.25) is 4.79 Å². The third kappa shape index (κ3) is 4.02. The minimum atomic E-state index is -3.96. The summed E-state index contributed by atoms with van der Waals surface area (Å²) in [5.41, 5.74) is 5.15. The number of aliphatic hydroxyl groups excluding tert-OH is 1. The molecule has 8 nitrogen and oxygen atoms in total. The molecule has 0 heterocycles. The normalized spacial score (nSPS) is 12.9. The van der Waals surface area contributed by atoms with Crippen LogP contribution in [0.5, 0.6) is 0 Å². The second kappa shape index (κ2) is 5.78. The summed E-state index contributed by atoms with van der Waals surface area (Å²) in [6.07, 6.45) is -1.83. The number of amides is 1. The highest BCUT2D eigenvalue weighted by Gasteiger charge is 2.19. The SMILES string of the molecule is NC(=O)c1ccc(S(=O)(=O)NC[C@H](O)C(=O)O)cc1. The fourth-order valence-electron chi connectivity index (χ4n) is 1.16. The first-order chi connectivity index (χ1) is 8.74. The quantitative estimate of drug-likeness (QED) is 0.501. The van der Waals surface area contributed by atoms with Crippen LogP contribution in [-0.4, -0.2) is 43.2 Å². The molecular weight excluding hydrogens is 276 g/mol. The number of carbonyl (C=O) groups excluding carboxylic acids is 1. The Balaban J connectivity index is 2.83. The van der Waals surface area contributed by atoms with Gasteiger partial charge in [0.05, 0.1) is 4.90 Å². The van der Waals surface area contributed by atoms with Gasteiger partial charge in [0.15, 0.2) is 6.10 Å². The van der Waals surface area contributed by atoms with Crippen LogP contribution < -0.4 is 10.5 Å².